The van der Waals surface area contributed by atoms with Gasteiger partial charge in [-0.2, -0.15) is 11.8 Å². The summed E-state index contributed by atoms with van der Waals surface area (Å²) in [7, 11) is -3.47. The Balaban J connectivity index is 1.59. The molecule has 1 fully saturated rings. The number of hydrogen-bond donors (Lipinski definition) is 1. The molecule has 0 radical (unpaired) electrons. The molecule has 3 rings (SSSR count). The van der Waals surface area contributed by atoms with E-state index in [4.69, 9.17) is 0 Å². The van der Waals surface area contributed by atoms with E-state index < -0.39 is 9.84 Å². The van der Waals surface area contributed by atoms with Crippen molar-refractivity contribution in [3.63, 3.8) is 0 Å². The van der Waals surface area contributed by atoms with E-state index in [1.165, 1.54) is 0 Å². The quantitative estimate of drug-likeness (QED) is 0.723. The zero-order valence-corrected chi connectivity index (χ0v) is 18.6. The second-order valence-electron chi connectivity index (χ2n) is 7.47. The molecular weight excluding hydrogens is 404 g/mol. The van der Waals surface area contributed by atoms with Gasteiger partial charge in [-0.1, -0.05) is 29.8 Å². The fraction of sp³-hybridized carbons (Fsp3) is 0.409. The Morgan fingerprint density at radius 3 is 2.45 bits per heavy atom. The summed E-state index contributed by atoms with van der Waals surface area (Å²) in [6.07, 6.45) is -0.0662. The van der Waals surface area contributed by atoms with Crippen molar-refractivity contribution in [2.24, 2.45) is 0 Å². The summed E-state index contributed by atoms with van der Waals surface area (Å²) in [4.78, 5) is 15.1. The van der Waals surface area contributed by atoms with Gasteiger partial charge >= 0.3 is 0 Å². The van der Waals surface area contributed by atoms with Gasteiger partial charge < -0.3 is 5.32 Å². The molecule has 7 heteroatoms. The maximum atomic E-state index is 12.5. The number of nitrogens with zero attached hydrogens (tertiary/aromatic N) is 1. The maximum Gasteiger partial charge on any atom is 0.225 e. The fourth-order valence-corrected chi connectivity index (χ4v) is 5.44. The van der Waals surface area contributed by atoms with Crippen LogP contribution in [0.3, 0.4) is 0 Å². The van der Waals surface area contributed by atoms with Gasteiger partial charge in [-0.3, -0.25) is 9.69 Å². The van der Waals surface area contributed by atoms with Crippen LogP contribution in [0.1, 0.15) is 23.1 Å². The van der Waals surface area contributed by atoms with Crippen LogP contribution < -0.4 is 5.32 Å². The highest BCUT2D eigenvalue weighted by molar-refractivity contribution is 7.99. The highest BCUT2D eigenvalue weighted by Gasteiger charge is 2.17. The lowest BCUT2D eigenvalue weighted by molar-refractivity contribution is -0.115. The predicted octanol–water partition coefficient (Wildman–Crippen LogP) is 3.65. The minimum Gasteiger partial charge on any atom is -0.326 e. The number of rotatable bonds is 7. The van der Waals surface area contributed by atoms with Gasteiger partial charge in [0.25, 0.3) is 0 Å². The first-order chi connectivity index (χ1) is 13.8. The third-order valence-corrected chi connectivity index (χ3v) is 7.74. The standard InChI is InChI=1S/C22H28N2O3S2/c1-17-3-7-20(8-4-17)29(26,27)14-9-22(25)23-21-15-19(6-5-18(21)2)16-24-10-12-28-13-11-24/h3-8,15H,9-14,16H2,1-2H3,(H,23,25). The van der Waals surface area contributed by atoms with E-state index in [1.54, 1.807) is 24.3 Å². The van der Waals surface area contributed by atoms with Gasteiger partial charge in [0.15, 0.2) is 9.84 Å². The van der Waals surface area contributed by atoms with Crippen LogP contribution in [-0.4, -0.2) is 49.6 Å². The van der Waals surface area contributed by atoms with Crippen LogP contribution >= 0.6 is 11.8 Å². The largest absolute Gasteiger partial charge is 0.326 e. The van der Waals surface area contributed by atoms with Crippen molar-refractivity contribution < 1.29 is 13.2 Å². The first kappa shape index (κ1) is 21.9. The zero-order valence-electron chi connectivity index (χ0n) is 17.0. The molecule has 1 N–H and O–H groups in total. The summed E-state index contributed by atoms with van der Waals surface area (Å²) in [6.45, 7) is 6.88. The smallest absolute Gasteiger partial charge is 0.225 e. The Bertz CT molecular complexity index is 951. The molecule has 0 spiro atoms. The van der Waals surface area contributed by atoms with E-state index in [1.807, 2.05) is 37.7 Å². The van der Waals surface area contributed by atoms with Crippen LogP contribution in [0.2, 0.25) is 0 Å². The average Bonchev–Trinajstić information content (AvgIpc) is 2.70. The van der Waals surface area contributed by atoms with Gasteiger partial charge in [0.05, 0.1) is 10.6 Å². The van der Waals surface area contributed by atoms with E-state index in [0.717, 1.165) is 53.5 Å². The molecule has 2 aromatic carbocycles. The SMILES string of the molecule is Cc1ccc(S(=O)(=O)CCC(=O)Nc2cc(CN3CCSCC3)ccc2C)cc1. The monoisotopic (exact) mass is 432 g/mol. The minimum atomic E-state index is -3.47. The first-order valence-corrected chi connectivity index (χ1v) is 12.6. The third-order valence-electron chi connectivity index (χ3n) is 5.06. The van der Waals surface area contributed by atoms with Crippen LogP contribution in [0.5, 0.6) is 0 Å². The molecular formula is C22H28N2O3S2. The number of amides is 1. The van der Waals surface area contributed by atoms with Crippen molar-refractivity contribution >= 4 is 33.2 Å². The molecule has 0 aliphatic carbocycles. The van der Waals surface area contributed by atoms with E-state index in [-0.39, 0.29) is 23.0 Å². The molecule has 5 nitrogen and oxygen atoms in total. The summed E-state index contributed by atoms with van der Waals surface area (Å²) in [5.41, 5.74) is 3.88. The highest BCUT2D eigenvalue weighted by Crippen LogP contribution is 2.20. The first-order valence-electron chi connectivity index (χ1n) is 9.82. The lowest BCUT2D eigenvalue weighted by atomic mass is 10.1. The fourth-order valence-electron chi connectivity index (χ4n) is 3.22. The van der Waals surface area contributed by atoms with Crippen molar-refractivity contribution in [3.8, 4) is 0 Å². The Morgan fingerprint density at radius 2 is 1.76 bits per heavy atom. The Labute approximate surface area is 177 Å². The Kier molecular flexibility index (Phi) is 7.38. The summed E-state index contributed by atoms with van der Waals surface area (Å²) >= 11 is 1.98. The van der Waals surface area contributed by atoms with Crippen molar-refractivity contribution in [2.45, 2.75) is 31.7 Å². The molecule has 0 atom stereocenters. The number of thioether (sulfide) groups is 1. The number of hydrogen-bond acceptors (Lipinski definition) is 5. The molecule has 1 amide bonds. The topological polar surface area (TPSA) is 66.5 Å². The number of carbonyl (C=O) groups excluding carboxylic acids is 1. The molecule has 1 aliphatic heterocycles. The van der Waals surface area contributed by atoms with E-state index in [0.29, 0.717) is 0 Å². The maximum absolute atomic E-state index is 12.5. The van der Waals surface area contributed by atoms with Gasteiger partial charge in [-0.15, -0.1) is 0 Å². The summed E-state index contributed by atoms with van der Waals surface area (Å²) in [5, 5.41) is 2.89. The normalized spacial score (nSPS) is 15.2. The van der Waals surface area contributed by atoms with E-state index in [9.17, 15) is 13.2 Å². The number of benzene rings is 2. The molecule has 1 heterocycles. The predicted molar refractivity (Wildman–Crippen MR) is 120 cm³/mol. The summed E-state index contributed by atoms with van der Waals surface area (Å²) in [5.74, 6) is 1.83. The van der Waals surface area contributed by atoms with Gasteiger partial charge in [-0.25, -0.2) is 8.42 Å². The Hall–Kier alpha value is -1.83. The zero-order chi connectivity index (χ0) is 20.9. The van der Waals surface area contributed by atoms with Crippen molar-refractivity contribution in [3.05, 3.63) is 59.2 Å². The van der Waals surface area contributed by atoms with Crippen molar-refractivity contribution in [1.29, 1.82) is 0 Å². The molecule has 1 aliphatic rings. The van der Waals surface area contributed by atoms with Gasteiger partial charge in [-0.05, 0) is 43.2 Å². The molecule has 0 aromatic heterocycles. The van der Waals surface area contributed by atoms with E-state index in [2.05, 4.69) is 16.3 Å². The molecule has 29 heavy (non-hydrogen) atoms. The molecule has 1 saturated heterocycles. The Morgan fingerprint density at radius 1 is 1.07 bits per heavy atom. The van der Waals surface area contributed by atoms with Crippen molar-refractivity contribution in [1.82, 2.24) is 4.90 Å². The van der Waals surface area contributed by atoms with E-state index >= 15 is 0 Å². The van der Waals surface area contributed by atoms with Gasteiger partial charge in [0, 0.05) is 43.2 Å². The van der Waals surface area contributed by atoms with Gasteiger partial charge in [0.2, 0.25) is 5.91 Å². The van der Waals surface area contributed by atoms with Crippen LogP contribution in [-0.2, 0) is 21.2 Å². The third kappa shape index (κ3) is 6.32. The number of aryl methyl sites for hydroxylation is 2. The second kappa shape index (κ2) is 9.78. The van der Waals surface area contributed by atoms with Gasteiger partial charge in [0.1, 0.15) is 0 Å². The summed E-state index contributed by atoms with van der Waals surface area (Å²) < 4.78 is 24.9. The number of carbonyl (C=O) groups is 1. The molecule has 0 unspecified atom stereocenters. The van der Waals surface area contributed by atoms with Crippen LogP contribution in [0, 0.1) is 13.8 Å². The lowest BCUT2D eigenvalue weighted by Crippen LogP contribution is -2.32. The number of sulfone groups is 1. The van der Waals surface area contributed by atoms with Crippen LogP contribution in [0.25, 0.3) is 0 Å². The molecule has 0 bridgehead atoms. The molecule has 2 aromatic rings. The summed E-state index contributed by atoms with van der Waals surface area (Å²) in [6, 6.07) is 12.8. The molecule has 0 saturated carbocycles. The average molecular weight is 433 g/mol. The minimum absolute atomic E-state index is 0.0662. The highest BCUT2D eigenvalue weighted by atomic mass is 32.2. The van der Waals surface area contributed by atoms with Crippen molar-refractivity contribution in [2.75, 3.05) is 35.7 Å². The lowest BCUT2D eigenvalue weighted by Gasteiger charge is -2.26. The van der Waals surface area contributed by atoms with Crippen LogP contribution in [0.15, 0.2) is 47.4 Å². The van der Waals surface area contributed by atoms with Crippen LogP contribution in [0.4, 0.5) is 5.69 Å². The number of anilines is 1. The molecule has 156 valence electrons. The second-order valence-corrected chi connectivity index (χ2v) is 10.8. The number of nitrogens with one attached hydrogen (secondary N) is 1.